The van der Waals surface area contributed by atoms with E-state index in [2.05, 4.69) is 18.7 Å². The standard InChI is InChI=1S/C15H28N2O/c1-15(2,8-9-16)7-6-14(18)17-10-12-4-3-5-13(12)11-17/h12-13H,3-11,16H2,1-2H3. The topological polar surface area (TPSA) is 46.3 Å². The van der Waals surface area contributed by atoms with Gasteiger partial charge < -0.3 is 10.6 Å². The molecule has 0 aromatic rings. The van der Waals surface area contributed by atoms with E-state index in [1.807, 2.05) is 0 Å². The van der Waals surface area contributed by atoms with E-state index >= 15 is 0 Å². The molecule has 0 aromatic heterocycles. The van der Waals surface area contributed by atoms with E-state index in [0.29, 0.717) is 12.3 Å². The zero-order valence-electron chi connectivity index (χ0n) is 12.0. The van der Waals surface area contributed by atoms with Gasteiger partial charge in [-0.1, -0.05) is 20.3 Å². The lowest BCUT2D eigenvalue weighted by Gasteiger charge is -2.25. The van der Waals surface area contributed by atoms with E-state index < -0.39 is 0 Å². The van der Waals surface area contributed by atoms with Crippen molar-refractivity contribution in [2.45, 2.75) is 52.4 Å². The molecule has 1 aliphatic heterocycles. The number of amides is 1. The van der Waals surface area contributed by atoms with Crippen LogP contribution in [0.3, 0.4) is 0 Å². The fourth-order valence-electron chi connectivity index (χ4n) is 3.56. The lowest BCUT2D eigenvalue weighted by atomic mass is 9.84. The Morgan fingerprint density at radius 3 is 2.39 bits per heavy atom. The maximum absolute atomic E-state index is 12.2. The first-order chi connectivity index (χ1) is 8.52. The van der Waals surface area contributed by atoms with Crippen LogP contribution in [0.4, 0.5) is 0 Å². The molecular formula is C15H28N2O. The average molecular weight is 252 g/mol. The SMILES string of the molecule is CC(C)(CCN)CCC(=O)N1CC2CCCC2C1. The summed E-state index contributed by atoms with van der Waals surface area (Å²) in [7, 11) is 0. The predicted molar refractivity (Wildman–Crippen MR) is 74.1 cm³/mol. The van der Waals surface area contributed by atoms with E-state index in [4.69, 9.17) is 5.73 Å². The van der Waals surface area contributed by atoms with E-state index in [1.54, 1.807) is 0 Å². The van der Waals surface area contributed by atoms with Crippen LogP contribution in [-0.4, -0.2) is 30.4 Å². The van der Waals surface area contributed by atoms with Crippen molar-refractivity contribution in [3.63, 3.8) is 0 Å². The van der Waals surface area contributed by atoms with E-state index in [1.165, 1.54) is 19.3 Å². The average Bonchev–Trinajstić information content (AvgIpc) is 2.85. The molecule has 2 unspecified atom stereocenters. The molecule has 2 fully saturated rings. The number of hydrogen-bond donors (Lipinski definition) is 1. The maximum Gasteiger partial charge on any atom is 0.222 e. The third-order valence-corrected chi connectivity index (χ3v) is 4.92. The van der Waals surface area contributed by atoms with E-state index in [-0.39, 0.29) is 5.41 Å². The number of fused-ring (bicyclic) bond motifs is 1. The van der Waals surface area contributed by atoms with Gasteiger partial charge in [0.2, 0.25) is 5.91 Å². The van der Waals surface area contributed by atoms with Crippen molar-refractivity contribution in [1.29, 1.82) is 0 Å². The van der Waals surface area contributed by atoms with Crippen LogP contribution in [0.25, 0.3) is 0 Å². The molecule has 1 saturated heterocycles. The number of likely N-dealkylation sites (tertiary alicyclic amines) is 1. The third-order valence-electron chi connectivity index (χ3n) is 4.92. The van der Waals surface area contributed by atoms with Crippen LogP contribution in [0.15, 0.2) is 0 Å². The van der Waals surface area contributed by atoms with Crippen LogP contribution in [0.5, 0.6) is 0 Å². The van der Waals surface area contributed by atoms with Gasteiger partial charge in [-0.3, -0.25) is 4.79 Å². The second kappa shape index (κ2) is 5.60. The predicted octanol–water partition coefficient (Wildman–Crippen LogP) is 2.40. The van der Waals surface area contributed by atoms with Gasteiger partial charge in [0.05, 0.1) is 0 Å². The molecule has 3 heteroatoms. The summed E-state index contributed by atoms with van der Waals surface area (Å²) >= 11 is 0. The van der Waals surface area contributed by atoms with Crippen LogP contribution in [0, 0.1) is 17.3 Å². The number of rotatable bonds is 5. The zero-order valence-corrected chi connectivity index (χ0v) is 12.0. The Bertz CT molecular complexity index is 289. The fraction of sp³-hybridized carbons (Fsp3) is 0.933. The van der Waals surface area contributed by atoms with Crippen molar-refractivity contribution in [3.05, 3.63) is 0 Å². The molecule has 1 aliphatic carbocycles. The maximum atomic E-state index is 12.2. The Morgan fingerprint density at radius 2 is 1.83 bits per heavy atom. The Morgan fingerprint density at radius 1 is 1.22 bits per heavy atom. The molecule has 104 valence electrons. The van der Waals surface area contributed by atoms with Gasteiger partial charge in [0.25, 0.3) is 0 Å². The number of carbonyl (C=O) groups is 1. The van der Waals surface area contributed by atoms with Crippen LogP contribution in [-0.2, 0) is 4.79 Å². The molecule has 0 bridgehead atoms. The molecule has 3 nitrogen and oxygen atoms in total. The summed E-state index contributed by atoms with van der Waals surface area (Å²) < 4.78 is 0. The van der Waals surface area contributed by atoms with Crippen LogP contribution >= 0.6 is 0 Å². The second-order valence-corrected chi connectivity index (χ2v) is 6.95. The van der Waals surface area contributed by atoms with Gasteiger partial charge in [0.1, 0.15) is 0 Å². The largest absolute Gasteiger partial charge is 0.342 e. The van der Waals surface area contributed by atoms with Gasteiger partial charge in [0, 0.05) is 19.5 Å². The molecule has 2 atom stereocenters. The Labute approximate surface area is 111 Å². The number of nitrogens with zero attached hydrogens (tertiary/aromatic N) is 1. The number of hydrogen-bond acceptors (Lipinski definition) is 2. The summed E-state index contributed by atoms with van der Waals surface area (Å²) in [5.41, 5.74) is 5.82. The van der Waals surface area contributed by atoms with Crippen molar-refractivity contribution < 1.29 is 4.79 Å². The molecule has 2 N–H and O–H groups in total. The normalized spacial score (nSPS) is 27.6. The minimum Gasteiger partial charge on any atom is -0.342 e. The number of nitrogens with two attached hydrogens (primary N) is 1. The Balaban J connectivity index is 1.76. The Hall–Kier alpha value is -0.570. The quantitative estimate of drug-likeness (QED) is 0.816. The molecule has 0 aromatic carbocycles. The highest BCUT2D eigenvalue weighted by Gasteiger charge is 2.37. The molecule has 1 amide bonds. The summed E-state index contributed by atoms with van der Waals surface area (Å²) in [4.78, 5) is 14.3. The first-order valence-electron chi connectivity index (χ1n) is 7.50. The molecule has 1 saturated carbocycles. The molecule has 18 heavy (non-hydrogen) atoms. The highest BCUT2D eigenvalue weighted by Crippen LogP contribution is 2.38. The molecular weight excluding hydrogens is 224 g/mol. The molecule has 2 rings (SSSR count). The van der Waals surface area contributed by atoms with Crippen molar-refractivity contribution >= 4 is 5.91 Å². The minimum absolute atomic E-state index is 0.208. The first kappa shape index (κ1) is 13.9. The van der Waals surface area contributed by atoms with Crippen LogP contribution < -0.4 is 5.73 Å². The molecule has 0 radical (unpaired) electrons. The van der Waals surface area contributed by atoms with Crippen molar-refractivity contribution in [2.24, 2.45) is 23.0 Å². The smallest absolute Gasteiger partial charge is 0.222 e. The summed E-state index contributed by atoms with van der Waals surface area (Å²) in [6.45, 7) is 7.20. The highest BCUT2D eigenvalue weighted by atomic mass is 16.2. The van der Waals surface area contributed by atoms with Crippen molar-refractivity contribution in [3.8, 4) is 0 Å². The van der Waals surface area contributed by atoms with Gasteiger partial charge in [0.15, 0.2) is 0 Å². The summed E-state index contributed by atoms with van der Waals surface area (Å²) in [5.74, 6) is 1.99. The van der Waals surface area contributed by atoms with E-state index in [0.717, 1.165) is 44.3 Å². The fourth-order valence-corrected chi connectivity index (χ4v) is 3.56. The second-order valence-electron chi connectivity index (χ2n) is 6.95. The minimum atomic E-state index is 0.208. The van der Waals surface area contributed by atoms with E-state index in [9.17, 15) is 4.79 Å². The van der Waals surface area contributed by atoms with Crippen LogP contribution in [0.2, 0.25) is 0 Å². The number of carbonyl (C=O) groups excluding carboxylic acids is 1. The zero-order chi connectivity index (χ0) is 13.2. The van der Waals surface area contributed by atoms with Gasteiger partial charge >= 0.3 is 0 Å². The monoisotopic (exact) mass is 252 g/mol. The van der Waals surface area contributed by atoms with Crippen LogP contribution in [0.1, 0.15) is 52.4 Å². The Kier molecular flexibility index (Phi) is 4.31. The van der Waals surface area contributed by atoms with Gasteiger partial charge in [-0.2, -0.15) is 0 Å². The van der Waals surface area contributed by atoms with Gasteiger partial charge in [-0.25, -0.2) is 0 Å². The van der Waals surface area contributed by atoms with Crippen molar-refractivity contribution in [2.75, 3.05) is 19.6 Å². The summed E-state index contributed by atoms with van der Waals surface area (Å²) in [6.07, 6.45) is 6.73. The first-order valence-corrected chi connectivity index (χ1v) is 7.50. The molecule has 0 spiro atoms. The van der Waals surface area contributed by atoms with Crippen molar-refractivity contribution in [1.82, 2.24) is 4.90 Å². The van der Waals surface area contributed by atoms with Gasteiger partial charge in [-0.15, -0.1) is 0 Å². The molecule has 2 aliphatic rings. The summed E-state index contributed by atoms with van der Waals surface area (Å²) in [6, 6.07) is 0. The molecule has 1 heterocycles. The lowest BCUT2D eigenvalue weighted by Crippen LogP contribution is -2.30. The summed E-state index contributed by atoms with van der Waals surface area (Å²) in [5, 5.41) is 0. The highest BCUT2D eigenvalue weighted by molar-refractivity contribution is 5.76. The van der Waals surface area contributed by atoms with Gasteiger partial charge in [-0.05, 0) is 49.5 Å². The lowest BCUT2D eigenvalue weighted by molar-refractivity contribution is -0.131. The third kappa shape index (κ3) is 3.25.